The van der Waals surface area contributed by atoms with Crippen molar-refractivity contribution in [3.05, 3.63) is 58.7 Å². The van der Waals surface area contributed by atoms with Gasteiger partial charge in [0.25, 0.3) is 0 Å². The van der Waals surface area contributed by atoms with Gasteiger partial charge in [-0.25, -0.2) is 0 Å². The van der Waals surface area contributed by atoms with Gasteiger partial charge in [-0.2, -0.15) is 0 Å². The van der Waals surface area contributed by atoms with Gasteiger partial charge in [-0.1, -0.05) is 51.2 Å². The summed E-state index contributed by atoms with van der Waals surface area (Å²) < 4.78 is 0. The molecule has 3 heteroatoms. The number of unbranched alkanes of at least 4 members (excludes halogenated alkanes) is 5. The molecule has 0 aromatic heterocycles. The fourth-order valence-electron chi connectivity index (χ4n) is 3.59. The Morgan fingerprint density at radius 1 is 0.690 bits per heavy atom. The predicted octanol–water partition coefficient (Wildman–Crippen LogP) is 8.14. The fourth-order valence-corrected chi connectivity index (χ4v) is 3.59. The van der Waals surface area contributed by atoms with E-state index in [1.165, 1.54) is 60.8 Å². The maximum atomic E-state index is 4.94. The van der Waals surface area contributed by atoms with Crippen molar-refractivity contribution in [1.29, 1.82) is 0 Å². The summed E-state index contributed by atoms with van der Waals surface area (Å²) in [5, 5.41) is 0. The van der Waals surface area contributed by atoms with Gasteiger partial charge in [0.1, 0.15) is 0 Å². The Morgan fingerprint density at radius 2 is 1.17 bits per heavy atom. The van der Waals surface area contributed by atoms with E-state index < -0.39 is 0 Å². The van der Waals surface area contributed by atoms with Crippen LogP contribution in [0.4, 0.5) is 11.4 Å². The van der Waals surface area contributed by atoms with Gasteiger partial charge >= 0.3 is 0 Å². The average molecular weight is 483 g/mol. The minimum atomic E-state index is 0. The van der Waals surface area contributed by atoms with Crippen LogP contribution < -0.4 is 0 Å². The average Bonchev–Trinajstić information content (AvgIpc) is 2.60. The van der Waals surface area contributed by atoms with Gasteiger partial charge in [0.2, 0.25) is 0 Å². The van der Waals surface area contributed by atoms with E-state index in [1.807, 2.05) is 6.21 Å². The summed E-state index contributed by atoms with van der Waals surface area (Å²) in [6, 6.07) is 12.9. The van der Waals surface area contributed by atoms with Crippen LogP contribution in [0.2, 0.25) is 0 Å². The molecule has 0 N–H and O–H groups in total. The maximum Gasteiger partial charge on any atom is 0.0638 e. The van der Waals surface area contributed by atoms with Gasteiger partial charge < -0.3 is 0 Å². The molecular weight excluding hydrogens is 447 g/mol. The Hall–Kier alpha value is -1.56. The number of hydrogen-bond acceptors (Lipinski definition) is 2. The third-order valence-electron chi connectivity index (χ3n) is 4.83. The standard InChI is InChI=1S/C26H36N2.Pd/c1-6-7-8-9-10-11-12-24(28-26-17-22(4)14-23(5)18-26)19-27-25-15-20(2)13-21(3)16-25;/h13-19H,6-12H2,1-5H3;/b27-19+,28-24+;. The molecule has 2 rings (SSSR count). The normalized spacial score (nSPS) is 11.7. The first-order valence-electron chi connectivity index (χ1n) is 10.7. The van der Waals surface area contributed by atoms with E-state index in [0.717, 1.165) is 23.5 Å². The second-order valence-corrected chi connectivity index (χ2v) is 8.07. The Bertz CT molecular complexity index is 781. The molecule has 0 atom stereocenters. The van der Waals surface area contributed by atoms with Gasteiger partial charge in [0, 0.05) is 26.6 Å². The largest absolute Gasteiger partial charge is 0.255 e. The number of aryl methyl sites for hydroxylation is 4. The molecule has 2 aromatic rings. The van der Waals surface area contributed by atoms with Crippen molar-refractivity contribution < 1.29 is 20.4 Å². The molecule has 0 amide bonds. The van der Waals surface area contributed by atoms with Crippen molar-refractivity contribution in [2.45, 2.75) is 79.6 Å². The summed E-state index contributed by atoms with van der Waals surface area (Å²) in [5.41, 5.74) is 8.11. The van der Waals surface area contributed by atoms with Crippen molar-refractivity contribution in [2.75, 3.05) is 0 Å². The van der Waals surface area contributed by atoms with Gasteiger partial charge in [-0.05, 0) is 87.1 Å². The molecule has 0 fully saturated rings. The van der Waals surface area contributed by atoms with E-state index in [4.69, 9.17) is 9.98 Å². The van der Waals surface area contributed by atoms with Crippen LogP contribution in [0.3, 0.4) is 0 Å². The van der Waals surface area contributed by atoms with Crippen molar-refractivity contribution in [1.82, 2.24) is 0 Å². The van der Waals surface area contributed by atoms with Crippen LogP contribution in [-0.2, 0) is 20.4 Å². The van der Waals surface area contributed by atoms with Crippen LogP contribution in [0.25, 0.3) is 0 Å². The van der Waals surface area contributed by atoms with Gasteiger partial charge in [-0.3, -0.25) is 9.98 Å². The zero-order valence-corrected chi connectivity index (χ0v) is 20.3. The molecule has 2 aromatic carbocycles. The monoisotopic (exact) mass is 482 g/mol. The zero-order valence-electron chi connectivity index (χ0n) is 18.7. The van der Waals surface area contributed by atoms with E-state index in [-0.39, 0.29) is 20.4 Å². The van der Waals surface area contributed by atoms with E-state index in [9.17, 15) is 0 Å². The number of hydrogen-bond donors (Lipinski definition) is 0. The van der Waals surface area contributed by atoms with Gasteiger partial charge in [-0.15, -0.1) is 0 Å². The number of benzene rings is 2. The van der Waals surface area contributed by atoms with Gasteiger partial charge in [0.05, 0.1) is 17.1 Å². The molecule has 0 radical (unpaired) electrons. The third-order valence-corrected chi connectivity index (χ3v) is 4.83. The van der Waals surface area contributed by atoms with Crippen molar-refractivity contribution >= 4 is 23.3 Å². The summed E-state index contributed by atoms with van der Waals surface area (Å²) >= 11 is 0. The first-order valence-corrected chi connectivity index (χ1v) is 10.7. The molecule has 0 saturated carbocycles. The molecule has 0 unspecified atom stereocenters. The summed E-state index contributed by atoms with van der Waals surface area (Å²) in [6.07, 6.45) is 10.7. The summed E-state index contributed by atoms with van der Waals surface area (Å²) in [6.45, 7) is 10.8. The smallest absolute Gasteiger partial charge is 0.0638 e. The molecule has 29 heavy (non-hydrogen) atoms. The van der Waals surface area contributed by atoms with E-state index >= 15 is 0 Å². The van der Waals surface area contributed by atoms with E-state index in [0.29, 0.717) is 0 Å². The molecule has 0 aliphatic carbocycles. The SMILES string of the molecule is CCCCCCCCC(/C=N/c1cc(C)cc(C)c1)=N\c1cc(C)cc(C)c1.[Pd]. The molecule has 0 aliphatic rings. The molecule has 0 aliphatic heterocycles. The van der Waals surface area contributed by atoms with Crippen LogP contribution in [0.15, 0.2) is 46.4 Å². The Morgan fingerprint density at radius 3 is 1.72 bits per heavy atom. The predicted molar refractivity (Wildman–Crippen MR) is 125 cm³/mol. The van der Waals surface area contributed by atoms with E-state index in [2.05, 4.69) is 71.0 Å². The van der Waals surface area contributed by atoms with Crippen molar-refractivity contribution in [3.63, 3.8) is 0 Å². The van der Waals surface area contributed by atoms with Crippen LogP contribution >= 0.6 is 0 Å². The summed E-state index contributed by atoms with van der Waals surface area (Å²) in [4.78, 5) is 9.68. The second kappa shape index (κ2) is 13.6. The minimum absolute atomic E-state index is 0. The van der Waals surface area contributed by atoms with Crippen LogP contribution in [0.5, 0.6) is 0 Å². The van der Waals surface area contributed by atoms with Crippen LogP contribution in [0, 0.1) is 27.7 Å². The van der Waals surface area contributed by atoms with Crippen molar-refractivity contribution in [2.24, 2.45) is 9.98 Å². The van der Waals surface area contributed by atoms with Crippen molar-refractivity contribution in [3.8, 4) is 0 Å². The fraction of sp³-hybridized carbons (Fsp3) is 0.462. The zero-order chi connectivity index (χ0) is 20.4. The third kappa shape index (κ3) is 10.2. The first-order chi connectivity index (χ1) is 13.5. The molecule has 160 valence electrons. The number of nitrogens with zero attached hydrogens (tertiary/aromatic N) is 2. The minimum Gasteiger partial charge on any atom is -0.255 e. The summed E-state index contributed by atoms with van der Waals surface area (Å²) in [7, 11) is 0. The van der Waals surface area contributed by atoms with Crippen LogP contribution in [-0.4, -0.2) is 11.9 Å². The molecular formula is C26H36N2Pd. The Labute approximate surface area is 191 Å². The molecule has 0 bridgehead atoms. The Kier molecular flexibility index (Phi) is 12.0. The Balaban J connectivity index is 0.00000420. The molecule has 2 nitrogen and oxygen atoms in total. The molecule has 0 saturated heterocycles. The topological polar surface area (TPSA) is 24.7 Å². The van der Waals surface area contributed by atoms with Crippen LogP contribution in [0.1, 0.15) is 74.1 Å². The number of aliphatic imine (C=N–C) groups is 2. The maximum absolute atomic E-state index is 4.94. The van der Waals surface area contributed by atoms with Gasteiger partial charge in [0.15, 0.2) is 0 Å². The summed E-state index contributed by atoms with van der Waals surface area (Å²) in [5.74, 6) is 0. The van der Waals surface area contributed by atoms with E-state index in [1.54, 1.807) is 0 Å². The molecule has 0 heterocycles. The number of rotatable bonds is 10. The second-order valence-electron chi connectivity index (χ2n) is 8.07. The quantitative estimate of drug-likeness (QED) is 0.185. The molecule has 0 spiro atoms. The first kappa shape index (κ1) is 25.5.